The second-order valence-electron chi connectivity index (χ2n) is 5.22. The van der Waals surface area contributed by atoms with Crippen LogP contribution in [0.3, 0.4) is 0 Å². The molecule has 2 unspecified atom stereocenters. The summed E-state index contributed by atoms with van der Waals surface area (Å²) in [5, 5.41) is 8.67. The summed E-state index contributed by atoms with van der Waals surface area (Å²) in [6.07, 6.45) is 1.27. The van der Waals surface area contributed by atoms with Crippen LogP contribution in [0.25, 0.3) is 0 Å². The summed E-state index contributed by atoms with van der Waals surface area (Å²) in [5.41, 5.74) is 2.25. The van der Waals surface area contributed by atoms with Crippen molar-refractivity contribution < 1.29 is 14.6 Å². The first-order valence-electron chi connectivity index (χ1n) is 6.75. The van der Waals surface area contributed by atoms with Crippen molar-refractivity contribution in [3.63, 3.8) is 0 Å². The quantitative estimate of drug-likeness (QED) is 0.905. The maximum Gasteiger partial charge on any atom is 0.303 e. The number of carbonyl (C=O) groups is 1. The van der Waals surface area contributed by atoms with Crippen LogP contribution in [0.15, 0.2) is 24.3 Å². The standard InChI is InChI=1S/C15H21NO3/c1-11-9-16(10-12(2)19-11)14-6-3-13(4-7-14)5-8-15(17)18/h3-4,6-7,11-12H,5,8-10H2,1-2H3,(H,17,18). The Kier molecular flexibility index (Phi) is 4.43. The van der Waals surface area contributed by atoms with Gasteiger partial charge >= 0.3 is 5.97 Å². The van der Waals surface area contributed by atoms with Crippen LogP contribution in [0.2, 0.25) is 0 Å². The van der Waals surface area contributed by atoms with Crippen molar-refractivity contribution in [2.75, 3.05) is 18.0 Å². The Morgan fingerprint density at radius 3 is 2.37 bits per heavy atom. The van der Waals surface area contributed by atoms with Gasteiger partial charge in [0.15, 0.2) is 0 Å². The number of anilines is 1. The van der Waals surface area contributed by atoms with E-state index in [1.54, 1.807) is 0 Å². The van der Waals surface area contributed by atoms with E-state index in [4.69, 9.17) is 9.84 Å². The molecule has 0 saturated carbocycles. The van der Waals surface area contributed by atoms with Gasteiger partial charge in [0.2, 0.25) is 0 Å². The van der Waals surface area contributed by atoms with Crippen molar-refractivity contribution in [1.82, 2.24) is 0 Å². The molecule has 4 heteroatoms. The first-order chi connectivity index (χ1) is 9.04. The maximum atomic E-state index is 10.5. The Bertz CT molecular complexity index is 420. The minimum absolute atomic E-state index is 0.185. The first-order valence-corrected chi connectivity index (χ1v) is 6.75. The van der Waals surface area contributed by atoms with Crippen molar-refractivity contribution in [2.24, 2.45) is 0 Å². The topological polar surface area (TPSA) is 49.8 Å². The Morgan fingerprint density at radius 1 is 1.26 bits per heavy atom. The number of ether oxygens (including phenoxy) is 1. The zero-order valence-corrected chi connectivity index (χ0v) is 11.5. The van der Waals surface area contributed by atoms with Crippen LogP contribution in [0.5, 0.6) is 0 Å². The summed E-state index contributed by atoms with van der Waals surface area (Å²) >= 11 is 0. The predicted molar refractivity (Wildman–Crippen MR) is 74.6 cm³/mol. The van der Waals surface area contributed by atoms with Crippen molar-refractivity contribution in [3.8, 4) is 0 Å². The van der Waals surface area contributed by atoms with Crippen LogP contribution in [0.4, 0.5) is 5.69 Å². The lowest BCUT2D eigenvalue weighted by atomic mass is 10.1. The molecule has 1 heterocycles. The van der Waals surface area contributed by atoms with Gasteiger partial charge in [-0.1, -0.05) is 12.1 Å². The number of rotatable bonds is 4. The molecule has 0 radical (unpaired) electrons. The van der Waals surface area contributed by atoms with Crippen LogP contribution >= 0.6 is 0 Å². The molecule has 4 nitrogen and oxygen atoms in total. The third-order valence-corrected chi connectivity index (χ3v) is 3.35. The molecule has 104 valence electrons. The highest BCUT2D eigenvalue weighted by Crippen LogP contribution is 2.21. The molecular weight excluding hydrogens is 242 g/mol. The van der Waals surface area contributed by atoms with Gasteiger partial charge in [-0.3, -0.25) is 4.79 Å². The third kappa shape index (κ3) is 3.96. The fourth-order valence-electron chi connectivity index (χ4n) is 2.51. The van der Waals surface area contributed by atoms with E-state index in [9.17, 15) is 4.79 Å². The molecule has 1 fully saturated rings. The van der Waals surface area contributed by atoms with Crippen LogP contribution in [0, 0.1) is 0 Å². The lowest BCUT2D eigenvalue weighted by Crippen LogP contribution is -2.45. The van der Waals surface area contributed by atoms with E-state index < -0.39 is 5.97 Å². The average Bonchev–Trinajstić information content (AvgIpc) is 2.36. The van der Waals surface area contributed by atoms with Crippen molar-refractivity contribution in [1.29, 1.82) is 0 Å². The van der Waals surface area contributed by atoms with Gasteiger partial charge in [0.25, 0.3) is 0 Å². The third-order valence-electron chi connectivity index (χ3n) is 3.35. The number of morpholine rings is 1. The minimum Gasteiger partial charge on any atom is -0.481 e. The van der Waals surface area contributed by atoms with Gasteiger partial charge in [-0.2, -0.15) is 0 Å². The number of hydrogen-bond donors (Lipinski definition) is 1. The van der Waals surface area contributed by atoms with Crippen molar-refractivity contribution >= 4 is 11.7 Å². The molecule has 0 spiro atoms. The molecule has 0 amide bonds. The van der Waals surface area contributed by atoms with Gasteiger partial charge in [0.05, 0.1) is 12.2 Å². The molecule has 1 aliphatic heterocycles. The Balaban J connectivity index is 1.99. The number of aliphatic carboxylic acids is 1. The van der Waals surface area contributed by atoms with Crippen LogP contribution in [-0.2, 0) is 16.0 Å². The average molecular weight is 263 g/mol. The van der Waals surface area contributed by atoms with E-state index in [2.05, 4.69) is 30.9 Å². The van der Waals surface area contributed by atoms with E-state index in [1.165, 1.54) is 5.69 Å². The summed E-state index contributed by atoms with van der Waals surface area (Å²) in [4.78, 5) is 12.9. The maximum absolute atomic E-state index is 10.5. The second kappa shape index (κ2) is 6.06. The van der Waals surface area contributed by atoms with Crippen LogP contribution in [-0.4, -0.2) is 36.4 Å². The number of aryl methyl sites for hydroxylation is 1. The van der Waals surface area contributed by atoms with Gasteiger partial charge in [-0.25, -0.2) is 0 Å². The molecule has 2 atom stereocenters. The number of nitrogens with zero attached hydrogens (tertiary/aromatic N) is 1. The Labute approximate surface area is 114 Å². The number of carboxylic acid groups (broad SMARTS) is 1. The zero-order chi connectivity index (χ0) is 13.8. The molecule has 1 aromatic rings. The van der Waals surface area contributed by atoms with Crippen molar-refractivity contribution in [3.05, 3.63) is 29.8 Å². The van der Waals surface area contributed by atoms with E-state index in [-0.39, 0.29) is 18.6 Å². The molecule has 0 aliphatic carbocycles. The molecule has 19 heavy (non-hydrogen) atoms. The molecule has 0 aromatic heterocycles. The fraction of sp³-hybridized carbons (Fsp3) is 0.533. The lowest BCUT2D eigenvalue weighted by molar-refractivity contribution is -0.136. The summed E-state index contributed by atoms with van der Waals surface area (Å²) in [6.45, 7) is 5.98. The van der Waals surface area contributed by atoms with E-state index >= 15 is 0 Å². The van der Waals surface area contributed by atoms with Crippen LogP contribution < -0.4 is 4.90 Å². The SMILES string of the molecule is CC1CN(c2ccc(CCC(=O)O)cc2)CC(C)O1. The first kappa shape index (κ1) is 13.9. The van der Waals surface area contributed by atoms with E-state index in [1.807, 2.05) is 12.1 Å². The van der Waals surface area contributed by atoms with E-state index in [0.717, 1.165) is 18.7 Å². The summed E-state index contributed by atoms with van der Waals surface area (Å²) < 4.78 is 5.72. The van der Waals surface area contributed by atoms with Gasteiger partial charge in [-0.05, 0) is 38.0 Å². The Hall–Kier alpha value is -1.55. The predicted octanol–water partition coefficient (Wildman–Crippen LogP) is 2.32. The summed E-state index contributed by atoms with van der Waals surface area (Å²) in [5.74, 6) is -0.750. The van der Waals surface area contributed by atoms with E-state index in [0.29, 0.717) is 6.42 Å². The largest absolute Gasteiger partial charge is 0.481 e. The molecule has 1 N–H and O–H groups in total. The highest BCUT2D eigenvalue weighted by Gasteiger charge is 2.22. The molecule has 1 aromatic carbocycles. The highest BCUT2D eigenvalue weighted by molar-refractivity contribution is 5.67. The molecule has 0 bridgehead atoms. The van der Waals surface area contributed by atoms with Gasteiger partial charge < -0.3 is 14.7 Å². The molecule has 1 saturated heterocycles. The molecule has 2 rings (SSSR count). The molecule has 1 aliphatic rings. The molecular formula is C15H21NO3. The summed E-state index contributed by atoms with van der Waals surface area (Å²) in [7, 11) is 0. The van der Waals surface area contributed by atoms with Gasteiger partial charge in [0, 0.05) is 25.2 Å². The number of carboxylic acids is 1. The zero-order valence-electron chi connectivity index (χ0n) is 11.5. The monoisotopic (exact) mass is 263 g/mol. The normalized spacial score (nSPS) is 23.4. The summed E-state index contributed by atoms with van der Waals surface area (Å²) in [6, 6.07) is 8.18. The van der Waals surface area contributed by atoms with Gasteiger partial charge in [-0.15, -0.1) is 0 Å². The van der Waals surface area contributed by atoms with Crippen molar-refractivity contribution in [2.45, 2.75) is 38.9 Å². The minimum atomic E-state index is -0.750. The highest BCUT2D eigenvalue weighted by atomic mass is 16.5. The number of benzene rings is 1. The lowest BCUT2D eigenvalue weighted by Gasteiger charge is -2.36. The Morgan fingerprint density at radius 2 is 1.84 bits per heavy atom. The second-order valence-corrected chi connectivity index (χ2v) is 5.22. The van der Waals surface area contributed by atoms with Gasteiger partial charge in [0.1, 0.15) is 0 Å². The van der Waals surface area contributed by atoms with Crippen LogP contribution in [0.1, 0.15) is 25.8 Å². The smallest absolute Gasteiger partial charge is 0.303 e. The fourth-order valence-corrected chi connectivity index (χ4v) is 2.51. The number of hydrogen-bond acceptors (Lipinski definition) is 3.